The van der Waals surface area contributed by atoms with Gasteiger partial charge in [-0.3, -0.25) is 0 Å². The Bertz CT molecular complexity index is 3360. The Kier molecular flexibility index (Phi) is 9.95. The SMILES string of the molecule is [2H]c1c([2H])c(N(c2ccc(-c3ccc(/C=C\C=C)c(/C=C\C=C)c3)cc2)c2c([2H])c([2H])c3c(c2[2H])C(c2ccccc2)(c2ccccc2)c2ccccc2-3)c([2H])c([2H])c1/C(=C\c1ccccc1)CCC=C. The third-order valence-corrected chi connectivity index (χ3v) is 11.7. The zero-order valence-electron chi connectivity index (χ0n) is 42.6. The first-order valence-electron chi connectivity index (χ1n) is 25.0. The van der Waals surface area contributed by atoms with Gasteiger partial charge in [-0.25, -0.2) is 0 Å². The van der Waals surface area contributed by atoms with Crippen LogP contribution < -0.4 is 4.90 Å². The quantitative estimate of drug-likeness (QED) is 0.0565. The van der Waals surface area contributed by atoms with Gasteiger partial charge in [0.15, 0.2) is 0 Å². The van der Waals surface area contributed by atoms with Crippen molar-refractivity contribution < 1.29 is 9.60 Å². The summed E-state index contributed by atoms with van der Waals surface area (Å²) in [5, 5.41) is 0. The number of benzene rings is 8. The second kappa shape index (κ2) is 18.9. The minimum absolute atomic E-state index is 0.0407. The molecule has 0 bridgehead atoms. The number of rotatable bonds is 15. The number of allylic oxidation sites excluding steroid dienone is 6. The molecule has 64 heavy (non-hydrogen) atoms. The number of nitrogens with zero attached hydrogens (tertiary/aromatic N) is 1. The van der Waals surface area contributed by atoms with E-state index in [9.17, 15) is 9.60 Å². The van der Waals surface area contributed by atoms with Crippen LogP contribution in [0.1, 0.15) is 66.9 Å². The fourth-order valence-electron chi connectivity index (χ4n) is 8.72. The largest absolute Gasteiger partial charge is 0.310 e. The van der Waals surface area contributed by atoms with Gasteiger partial charge < -0.3 is 4.90 Å². The van der Waals surface area contributed by atoms with Crippen LogP contribution in [0.15, 0.2) is 250 Å². The van der Waals surface area contributed by atoms with Crippen LogP contribution in [0.2, 0.25) is 0 Å². The summed E-state index contributed by atoms with van der Waals surface area (Å²) in [6.45, 7) is 11.6. The van der Waals surface area contributed by atoms with Crippen molar-refractivity contribution >= 4 is 40.9 Å². The molecule has 9 rings (SSSR count). The Balaban J connectivity index is 1.35. The lowest BCUT2D eigenvalue weighted by Crippen LogP contribution is -2.28. The van der Waals surface area contributed by atoms with E-state index in [1.807, 2.05) is 182 Å². The van der Waals surface area contributed by atoms with E-state index in [-0.39, 0.29) is 59.2 Å². The zero-order chi connectivity index (χ0) is 49.8. The van der Waals surface area contributed by atoms with E-state index in [4.69, 9.17) is 0 Å². The van der Waals surface area contributed by atoms with Crippen LogP contribution in [-0.4, -0.2) is 0 Å². The zero-order valence-corrected chi connectivity index (χ0v) is 35.6. The summed E-state index contributed by atoms with van der Waals surface area (Å²) < 4.78 is 69.8. The van der Waals surface area contributed by atoms with Crippen molar-refractivity contribution in [2.45, 2.75) is 18.3 Å². The van der Waals surface area contributed by atoms with Crippen LogP contribution in [0.25, 0.3) is 46.1 Å². The summed E-state index contributed by atoms with van der Waals surface area (Å²) in [6.07, 6.45) is 15.8. The third kappa shape index (κ3) is 8.08. The maximum Gasteiger partial charge on any atom is 0.0714 e. The topological polar surface area (TPSA) is 3.24 Å². The average Bonchev–Trinajstić information content (AvgIpc) is 3.73. The molecule has 0 heterocycles. The third-order valence-electron chi connectivity index (χ3n) is 11.7. The van der Waals surface area contributed by atoms with Gasteiger partial charge in [0.05, 0.1) is 15.0 Å². The van der Waals surface area contributed by atoms with E-state index in [2.05, 4.69) is 25.8 Å². The lowest BCUT2D eigenvalue weighted by molar-refractivity contribution is 0.768. The fraction of sp³-hybridized carbons (Fsp3) is 0.0476. The summed E-state index contributed by atoms with van der Waals surface area (Å²) in [4.78, 5) is 1.51. The highest BCUT2D eigenvalue weighted by Gasteiger charge is 2.46. The van der Waals surface area contributed by atoms with Crippen LogP contribution in [0.5, 0.6) is 0 Å². The van der Waals surface area contributed by atoms with E-state index in [1.54, 1.807) is 18.2 Å². The molecule has 0 fully saturated rings. The van der Waals surface area contributed by atoms with Crippen molar-refractivity contribution in [2.75, 3.05) is 4.90 Å². The molecule has 0 saturated carbocycles. The van der Waals surface area contributed by atoms with Crippen LogP contribution in [0.4, 0.5) is 17.1 Å². The summed E-state index contributed by atoms with van der Waals surface area (Å²) in [5.74, 6) is 0. The molecule has 8 aromatic carbocycles. The smallest absolute Gasteiger partial charge is 0.0714 e. The Morgan fingerprint density at radius 1 is 0.531 bits per heavy atom. The maximum atomic E-state index is 10.6. The molecule has 0 aliphatic heterocycles. The van der Waals surface area contributed by atoms with Gasteiger partial charge >= 0.3 is 0 Å². The maximum absolute atomic E-state index is 10.6. The molecule has 8 aromatic rings. The van der Waals surface area contributed by atoms with Crippen LogP contribution in [0.3, 0.4) is 0 Å². The Hall–Kier alpha value is -8.00. The predicted molar refractivity (Wildman–Crippen MR) is 276 cm³/mol. The Labute approximate surface area is 389 Å². The second-order valence-electron chi connectivity index (χ2n) is 15.5. The van der Waals surface area contributed by atoms with Crippen LogP contribution in [0, 0.1) is 0 Å². The summed E-state index contributed by atoms with van der Waals surface area (Å²) in [5.41, 5.74) is 8.70. The first kappa shape index (κ1) is 33.6. The molecule has 0 saturated heterocycles. The monoisotopic (exact) mass is 828 g/mol. The van der Waals surface area contributed by atoms with Gasteiger partial charge in [-0.1, -0.05) is 219 Å². The summed E-state index contributed by atoms with van der Waals surface area (Å²) in [7, 11) is 0. The van der Waals surface area contributed by atoms with Crippen molar-refractivity contribution in [3.8, 4) is 22.3 Å². The highest BCUT2D eigenvalue weighted by atomic mass is 15.1. The van der Waals surface area contributed by atoms with E-state index < -0.39 is 5.41 Å². The van der Waals surface area contributed by atoms with Crippen molar-refractivity contribution in [3.05, 3.63) is 295 Å². The number of fused-ring (bicyclic) bond motifs is 3. The van der Waals surface area contributed by atoms with E-state index in [1.165, 1.54) is 4.90 Å². The van der Waals surface area contributed by atoms with Gasteiger partial charge in [-0.15, -0.1) is 6.58 Å². The van der Waals surface area contributed by atoms with Crippen molar-refractivity contribution in [1.82, 2.24) is 0 Å². The second-order valence-corrected chi connectivity index (χ2v) is 15.5. The van der Waals surface area contributed by atoms with E-state index in [0.717, 1.165) is 50.1 Å². The predicted octanol–water partition coefficient (Wildman–Crippen LogP) is 17.1. The molecule has 0 N–H and O–H groups in total. The Morgan fingerprint density at radius 3 is 1.78 bits per heavy atom. The van der Waals surface area contributed by atoms with Crippen molar-refractivity contribution in [1.29, 1.82) is 0 Å². The summed E-state index contributed by atoms with van der Waals surface area (Å²) >= 11 is 0. The molecule has 0 radical (unpaired) electrons. The molecular weight excluding hydrogens is 771 g/mol. The average molecular weight is 829 g/mol. The molecule has 0 unspecified atom stereocenters. The molecule has 1 heteroatoms. The van der Waals surface area contributed by atoms with Gasteiger partial charge in [-0.05, 0) is 128 Å². The molecule has 1 aliphatic rings. The number of hydrogen-bond acceptors (Lipinski definition) is 1. The van der Waals surface area contributed by atoms with Gasteiger partial charge in [0.1, 0.15) is 0 Å². The number of hydrogen-bond donors (Lipinski definition) is 0. The highest BCUT2D eigenvalue weighted by molar-refractivity contribution is 5.90. The van der Waals surface area contributed by atoms with Crippen LogP contribution >= 0.6 is 0 Å². The molecule has 0 atom stereocenters. The lowest BCUT2D eigenvalue weighted by Gasteiger charge is -2.35. The summed E-state index contributed by atoms with van der Waals surface area (Å²) in [6, 6.07) is 49.2. The highest BCUT2D eigenvalue weighted by Crippen LogP contribution is 2.57. The van der Waals surface area contributed by atoms with Gasteiger partial charge in [0.2, 0.25) is 0 Å². The lowest BCUT2D eigenvalue weighted by atomic mass is 9.67. The minimum Gasteiger partial charge on any atom is -0.310 e. The molecule has 1 aliphatic carbocycles. The van der Waals surface area contributed by atoms with Crippen molar-refractivity contribution in [2.24, 2.45) is 0 Å². The molecule has 1 nitrogen and oxygen atoms in total. The van der Waals surface area contributed by atoms with Crippen LogP contribution in [-0.2, 0) is 5.41 Å². The fourth-order valence-corrected chi connectivity index (χ4v) is 8.72. The molecule has 0 spiro atoms. The van der Waals surface area contributed by atoms with E-state index in [0.29, 0.717) is 35.2 Å². The molecule has 308 valence electrons. The first-order chi connectivity index (χ1) is 34.6. The molecule has 0 aromatic heterocycles. The normalized spacial score (nSPS) is 14.3. The molecular formula is C63H51N. The Morgan fingerprint density at radius 2 is 1.12 bits per heavy atom. The molecule has 0 amide bonds. The van der Waals surface area contributed by atoms with Gasteiger partial charge in [0, 0.05) is 17.1 Å². The standard InChI is InChI=1S/C63H51N/c1-4-7-23-48-32-33-53(45-52(48)25-9-6-3)50-36-40-57(41-37-50)64(56-38-34-49(35-39-56)51(24-8-5-2)44-47-21-13-10-14-22-47)58-42-43-60-59-30-19-20-31-61(59)63(62(60)46-58,54-26-15-11-16-27-54)55-28-17-12-18-29-55/h4-7,9-23,25-46H,1-3,8,24H2/b23-7-,25-9-,51-44-/i34D,35D,38D,39D,42D,43D,46D. The first-order valence-corrected chi connectivity index (χ1v) is 21.5. The number of anilines is 3. The van der Waals surface area contributed by atoms with E-state index >= 15 is 0 Å². The van der Waals surface area contributed by atoms with Crippen molar-refractivity contribution in [3.63, 3.8) is 0 Å². The van der Waals surface area contributed by atoms with Gasteiger partial charge in [0.25, 0.3) is 0 Å². The minimum atomic E-state index is -1.12. The van der Waals surface area contributed by atoms with Gasteiger partial charge in [-0.2, -0.15) is 0 Å².